The lowest BCUT2D eigenvalue weighted by atomic mass is 10.1. The van der Waals surface area contributed by atoms with Gasteiger partial charge in [-0.25, -0.2) is 19.5 Å². The van der Waals surface area contributed by atoms with Crippen LogP contribution in [0.15, 0.2) is 36.9 Å². The first-order chi connectivity index (χ1) is 15.3. The van der Waals surface area contributed by atoms with E-state index in [0.29, 0.717) is 23.5 Å². The molecule has 1 aliphatic heterocycles. The smallest absolute Gasteiger partial charge is 0.387 e. The number of rotatable bonds is 8. The Balaban J connectivity index is 1.51. The molecule has 32 heavy (non-hydrogen) atoms. The number of imidazole rings is 1. The number of anilines is 1. The first kappa shape index (κ1) is 22.7. The molecule has 4 atom stereocenters. The van der Waals surface area contributed by atoms with E-state index in [2.05, 4.69) is 43.8 Å². The molecule has 1 aliphatic rings. The molecule has 0 unspecified atom stereocenters. The van der Waals surface area contributed by atoms with Crippen LogP contribution in [0.5, 0.6) is 0 Å². The second kappa shape index (κ2) is 9.20. The van der Waals surface area contributed by atoms with Crippen molar-refractivity contribution in [1.29, 1.82) is 0 Å². The number of ether oxygens (including phenoxy) is 1. The van der Waals surface area contributed by atoms with Crippen LogP contribution >= 0.6 is 7.82 Å². The van der Waals surface area contributed by atoms with Crippen molar-refractivity contribution in [1.82, 2.24) is 19.5 Å². The molecule has 13 heteroatoms. The summed E-state index contributed by atoms with van der Waals surface area (Å²) in [6.07, 6.45) is -1.33. The summed E-state index contributed by atoms with van der Waals surface area (Å²) in [7, 11) is -4.75. The van der Waals surface area contributed by atoms with Crippen molar-refractivity contribution < 1.29 is 33.8 Å². The average Bonchev–Trinajstić information content (AvgIpc) is 3.32. The lowest BCUT2D eigenvalue weighted by molar-refractivity contribution is -0.0504. The molecule has 2 aromatic heterocycles. The predicted molar refractivity (Wildman–Crippen MR) is 112 cm³/mol. The molecule has 5 N–H and O–H groups in total. The average molecular weight is 465 g/mol. The van der Waals surface area contributed by atoms with Crippen LogP contribution in [0, 0.1) is 0 Å². The highest BCUT2D eigenvalue weighted by atomic mass is 31.2. The van der Waals surface area contributed by atoms with Gasteiger partial charge in [0.25, 0.3) is 0 Å². The minimum absolute atomic E-state index is 0.358. The van der Waals surface area contributed by atoms with Gasteiger partial charge >= 0.3 is 7.82 Å². The molecule has 0 bridgehead atoms. The third-order valence-corrected chi connectivity index (χ3v) is 5.75. The van der Waals surface area contributed by atoms with Gasteiger partial charge in [0.2, 0.25) is 0 Å². The van der Waals surface area contributed by atoms with E-state index >= 15 is 0 Å². The molecule has 3 aromatic rings. The molecule has 0 amide bonds. The normalized spacial score (nSPS) is 23.7. The lowest BCUT2D eigenvalue weighted by Gasteiger charge is -2.16. The first-order valence-corrected chi connectivity index (χ1v) is 11.5. The highest BCUT2D eigenvalue weighted by molar-refractivity contribution is 7.46. The molecule has 1 aromatic carbocycles. The zero-order chi connectivity index (χ0) is 22.9. The quantitative estimate of drug-likeness (QED) is 0.297. The highest BCUT2D eigenvalue weighted by Crippen LogP contribution is 2.39. The topological polar surface area (TPSA) is 172 Å². The van der Waals surface area contributed by atoms with E-state index in [1.807, 2.05) is 12.1 Å². The minimum atomic E-state index is -4.75. The number of aliphatic hydroxyl groups is 2. The number of nitrogens with one attached hydrogen (secondary N) is 1. The fraction of sp³-hybridized carbons (Fsp3) is 0.421. The van der Waals surface area contributed by atoms with Crippen LogP contribution in [0.1, 0.15) is 24.3 Å². The van der Waals surface area contributed by atoms with Crippen LogP contribution in [-0.2, 0) is 26.8 Å². The van der Waals surface area contributed by atoms with E-state index in [-0.39, 0.29) is 0 Å². The van der Waals surface area contributed by atoms with Gasteiger partial charge in [-0.15, -0.1) is 0 Å². The van der Waals surface area contributed by atoms with Crippen molar-refractivity contribution in [3.63, 3.8) is 0 Å². The summed E-state index contributed by atoms with van der Waals surface area (Å²) < 4.78 is 22.4. The molecule has 0 saturated carbocycles. The Morgan fingerprint density at radius 3 is 2.53 bits per heavy atom. The third-order valence-electron chi connectivity index (χ3n) is 5.27. The van der Waals surface area contributed by atoms with Crippen LogP contribution in [0.25, 0.3) is 11.2 Å². The number of aryl methyl sites for hydroxylation is 1. The van der Waals surface area contributed by atoms with Gasteiger partial charge in [-0.05, 0) is 17.5 Å². The van der Waals surface area contributed by atoms with Crippen molar-refractivity contribution in [2.75, 3.05) is 11.9 Å². The summed E-state index contributed by atoms with van der Waals surface area (Å²) in [6, 6.07) is 8.20. The zero-order valence-corrected chi connectivity index (χ0v) is 18.0. The van der Waals surface area contributed by atoms with Crippen LogP contribution in [0.2, 0.25) is 0 Å². The standard InChI is InChI=1S/C19H24N5O7P/c1-2-11-3-5-12(6-4-11)7-20-17-14-18(22-9-21-17)24(10-23-14)19-16(26)15(25)13(31-19)8-30-32(27,28)29/h3-6,9-10,13,15-16,19,25-26H,2,7-8H2,1H3,(H,20,21,22)(H2,27,28,29)/t13-,15-,16-,19-/m1/s1. The molecule has 12 nitrogen and oxygen atoms in total. The number of aliphatic hydroxyl groups excluding tert-OH is 2. The minimum Gasteiger partial charge on any atom is -0.387 e. The number of hydrogen-bond acceptors (Lipinski definition) is 9. The van der Waals surface area contributed by atoms with E-state index in [9.17, 15) is 14.8 Å². The van der Waals surface area contributed by atoms with Crippen molar-refractivity contribution >= 4 is 24.8 Å². The van der Waals surface area contributed by atoms with Gasteiger partial charge in [0.15, 0.2) is 23.2 Å². The number of phosphoric ester groups is 1. The van der Waals surface area contributed by atoms with Crippen molar-refractivity contribution in [2.45, 2.75) is 44.4 Å². The summed E-state index contributed by atoms with van der Waals surface area (Å²) in [5.41, 5.74) is 3.12. The van der Waals surface area contributed by atoms with Gasteiger partial charge < -0.3 is 30.1 Å². The van der Waals surface area contributed by atoms with Gasteiger partial charge in [-0.3, -0.25) is 9.09 Å². The summed E-state index contributed by atoms with van der Waals surface area (Å²) in [5.74, 6) is 0.489. The molecule has 1 fully saturated rings. The Morgan fingerprint density at radius 1 is 1.12 bits per heavy atom. The van der Waals surface area contributed by atoms with E-state index in [0.717, 1.165) is 12.0 Å². The summed E-state index contributed by atoms with van der Waals surface area (Å²) in [4.78, 5) is 30.5. The highest BCUT2D eigenvalue weighted by Gasteiger charge is 2.45. The lowest BCUT2D eigenvalue weighted by Crippen LogP contribution is -2.33. The number of fused-ring (bicyclic) bond motifs is 1. The molecule has 0 aliphatic carbocycles. The Bertz CT molecular complexity index is 1120. The molecule has 0 radical (unpaired) electrons. The Morgan fingerprint density at radius 2 is 1.84 bits per heavy atom. The fourth-order valence-corrected chi connectivity index (χ4v) is 3.85. The Hall–Kier alpha value is -2.44. The molecular weight excluding hydrogens is 441 g/mol. The van der Waals surface area contributed by atoms with Crippen molar-refractivity contribution in [3.05, 3.63) is 48.0 Å². The second-order valence-electron chi connectivity index (χ2n) is 7.40. The molecular formula is C19H24N5O7P. The van der Waals surface area contributed by atoms with Crippen molar-refractivity contribution in [3.8, 4) is 0 Å². The van der Waals surface area contributed by atoms with Gasteiger partial charge in [-0.1, -0.05) is 31.2 Å². The first-order valence-electron chi connectivity index (χ1n) is 9.97. The number of phosphoric acid groups is 1. The number of benzene rings is 1. The molecule has 3 heterocycles. The SMILES string of the molecule is CCc1ccc(CNc2ncnc3c2ncn3[C@@H]2O[C@H](COP(=O)(O)O)[C@@H](O)[C@H]2O)cc1. The number of nitrogens with zero attached hydrogens (tertiary/aromatic N) is 4. The maximum Gasteiger partial charge on any atom is 0.469 e. The number of hydrogen-bond donors (Lipinski definition) is 5. The van der Waals surface area contributed by atoms with E-state index in [4.69, 9.17) is 14.5 Å². The van der Waals surface area contributed by atoms with Gasteiger partial charge in [0.05, 0.1) is 12.9 Å². The maximum absolute atomic E-state index is 10.9. The molecule has 172 valence electrons. The number of aromatic nitrogens is 4. The Kier molecular flexibility index (Phi) is 6.54. The third kappa shape index (κ3) is 4.81. The maximum atomic E-state index is 10.9. The predicted octanol–water partition coefficient (Wildman–Crippen LogP) is 0.729. The van der Waals surface area contributed by atoms with Crippen LogP contribution in [0.4, 0.5) is 5.82 Å². The molecule has 4 rings (SSSR count). The summed E-state index contributed by atoms with van der Waals surface area (Å²) >= 11 is 0. The monoisotopic (exact) mass is 465 g/mol. The second-order valence-corrected chi connectivity index (χ2v) is 8.64. The fourth-order valence-electron chi connectivity index (χ4n) is 3.51. The van der Waals surface area contributed by atoms with Crippen LogP contribution in [0.3, 0.4) is 0 Å². The van der Waals surface area contributed by atoms with Gasteiger partial charge in [0, 0.05) is 6.54 Å². The van der Waals surface area contributed by atoms with E-state index in [1.165, 1.54) is 22.8 Å². The van der Waals surface area contributed by atoms with E-state index in [1.54, 1.807) is 0 Å². The Labute approximate surface area is 183 Å². The van der Waals surface area contributed by atoms with Crippen LogP contribution < -0.4 is 5.32 Å². The summed E-state index contributed by atoms with van der Waals surface area (Å²) in [6.45, 7) is 2.02. The summed E-state index contributed by atoms with van der Waals surface area (Å²) in [5, 5.41) is 23.9. The van der Waals surface area contributed by atoms with Gasteiger partial charge in [-0.2, -0.15) is 0 Å². The zero-order valence-electron chi connectivity index (χ0n) is 17.1. The largest absolute Gasteiger partial charge is 0.469 e. The van der Waals surface area contributed by atoms with Crippen molar-refractivity contribution in [2.24, 2.45) is 0 Å². The van der Waals surface area contributed by atoms with E-state index < -0.39 is 39.0 Å². The van der Waals surface area contributed by atoms with Gasteiger partial charge in [0.1, 0.15) is 24.6 Å². The van der Waals surface area contributed by atoms with Crippen LogP contribution in [-0.4, -0.2) is 64.4 Å². The molecule has 1 saturated heterocycles. The molecule has 0 spiro atoms.